The van der Waals surface area contributed by atoms with E-state index in [1.54, 1.807) is 18.3 Å². The van der Waals surface area contributed by atoms with Gasteiger partial charge in [-0.05, 0) is 37.9 Å². The van der Waals surface area contributed by atoms with Gasteiger partial charge in [0.25, 0.3) is 11.5 Å². The van der Waals surface area contributed by atoms with Crippen molar-refractivity contribution in [2.24, 2.45) is 0 Å². The van der Waals surface area contributed by atoms with E-state index in [2.05, 4.69) is 15.2 Å². The van der Waals surface area contributed by atoms with Gasteiger partial charge in [0.15, 0.2) is 0 Å². The summed E-state index contributed by atoms with van der Waals surface area (Å²) < 4.78 is 1.41. The van der Waals surface area contributed by atoms with Gasteiger partial charge < -0.3 is 5.32 Å². The molecule has 120 valence electrons. The Morgan fingerprint density at radius 2 is 2.13 bits per heavy atom. The van der Waals surface area contributed by atoms with E-state index in [9.17, 15) is 9.59 Å². The van der Waals surface area contributed by atoms with Crippen LogP contribution in [0.5, 0.6) is 0 Å². The summed E-state index contributed by atoms with van der Waals surface area (Å²) in [6.07, 6.45) is 7.57. The van der Waals surface area contributed by atoms with Crippen molar-refractivity contribution < 1.29 is 4.79 Å². The summed E-state index contributed by atoms with van der Waals surface area (Å²) in [5.74, 6) is -0.307. The Labute approximate surface area is 134 Å². The number of piperidine rings is 1. The zero-order valence-electron chi connectivity index (χ0n) is 12.9. The summed E-state index contributed by atoms with van der Waals surface area (Å²) in [5, 5.41) is 3.07. The molecule has 2 aliphatic heterocycles. The fourth-order valence-electron chi connectivity index (χ4n) is 3.84. The Kier molecular flexibility index (Phi) is 3.61. The molecule has 2 unspecified atom stereocenters. The maximum atomic E-state index is 12.6. The maximum absolute atomic E-state index is 12.6. The standard InChI is InChI=1S/C17H20N4O2/c22-16(19-13-7-10-20-8-3-1-5-14(13)20)12-11-18-15-6-2-4-9-21(15)17(12)23/h2,4,6,9,11,13-14H,1,3,5,7-8,10H2,(H,19,22). The monoisotopic (exact) mass is 312 g/mol. The molecular weight excluding hydrogens is 292 g/mol. The van der Waals surface area contributed by atoms with E-state index < -0.39 is 0 Å². The Morgan fingerprint density at radius 3 is 3.04 bits per heavy atom. The highest BCUT2D eigenvalue weighted by Gasteiger charge is 2.36. The lowest BCUT2D eigenvalue weighted by molar-refractivity contribution is 0.0913. The molecular formula is C17H20N4O2. The number of pyridine rings is 1. The van der Waals surface area contributed by atoms with E-state index >= 15 is 0 Å². The molecule has 2 atom stereocenters. The topological polar surface area (TPSA) is 66.7 Å². The van der Waals surface area contributed by atoms with E-state index in [1.165, 1.54) is 23.4 Å². The second kappa shape index (κ2) is 5.77. The number of nitrogens with one attached hydrogen (secondary N) is 1. The van der Waals surface area contributed by atoms with E-state index in [1.807, 2.05) is 6.07 Å². The molecule has 23 heavy (non-hydrogen) atoms. The van der Waals surface area contributed by atoms with Crippen molar-refractivity contribution >= 4 is 11.6 Å². The molecule has 2 aromatic heterocycles. The van der Waals surface area contributed by atoms with Crippen LogP contribution in [0.2, 0.25) is 0 Å². The van der Waals surface area contributed by atoms with Crippen LogP contribution in [0.4, 0.5) is 0 Å². The maximum Gasteiger partial charge on any atom is 0.270 e. The van der Waals surface area contributed by atoms with Gasteiger partial charge in [-0.25, -0.2) is 4.98 Å². The third-order valence-corrected chi connectivity index (χ3v) is 5.03. The van der Waals surface area contributed by atoms with Crippen molar-refractivity contribution in [3.05, 3.63) is 46.5 Å². The van der Waals surface area contributed by atoms with Gasteiger partial charge in [-0.1, -0.05) is 12.5 Å². The van der Waals surface area contributed by atoms with E-state index in [-0.39, 0.29) is 23.1 Å². The number of carbonyl (C=O) groups is 1. The summed E-state index contributed by atoms with van der Waals surface area (Å²) >= 11 is 0. The first kappa shape index (κ1) is 14.4. The van der Waals surface area contributed by atoms with Gasteiger partial charge >= 0.3 is 0 Å². The number of carbonyl (C=O) groups excluding carboxylic acids is 1. The normalized spacial score (nSPS) is 24.5. The summed E-state index contributed by atoms with van der Waals surface area (Å²) in [5.41, 5.74) is 0.350. The molecule has 6 nitrogen and oxygen atoms in total. The number of amides is 1. The van der Waals surface area contributed by atoms with E-state index in [4.69, 9.17) is 0 Å². The Hall–Kier alpha value is -2.21. The van der Waals surface area contributed by atoms with Crippen LogP contribution in [-0.2, 0) is 0 Å². The van der Waals surface area contributed by atoms with Crippen molar-refractivity contribution in [1.82, 2.24) is 19.6 Å². The SMILES string of the molecule is O=C(NC1CCN2CCCCC12)c1cnc2ccccn2c1=O. The van der Waals surface area contributed by atoms with Crippen LogP contribution >= 0.6 is 0 Å². The fourth-order valence-corrected chi connectivity index (χ4v) is 3.84. The smallest absolute Gasteiger partial charge is 0.270 e. The molecule has 2 aliphatic rings. The molecule has 0 aromatic carbocycles. The van der Waals surface area contributed by atoms with Gasteiger partial charge in [-0.15, -0.1) is 0 Å². The first-order chi connectivity index (χ1) is 11.2. The average Bonchev–Trinajstić information content (AvgIpc) is 2.98. The quantitative estimate of drug-likeness (QED) is 0.900. The highest BCUT2D eigenvalue weighted by Crippen LogP contribution is 2.27. The molecule has 1 N–H and O–H groups in total. The molecule has 0 aliphatic carbocycles. The van der Waals surface area contributed by atoms with Gasteiger partial charge in [-0.2, -0.15) is 0 Å². The molecule has 0 radical (unpaired) electrons. The minimum absolute atomic E-state index is 0.114. The molecule has 0 spiro atoms. The molecule has 0 saturated carbocycles. The van der Waals surface area contributed by atoms with Crippen LogP contribution < -0.4 is 10.9 Å². The van der Waals surface area contributed by atoms with Crippen molar-refractivity contribution in [2.45, 2.75) is 37.8 Å². The van der Waals surface area contributed by atoms with Gasteiger partial charge in [0.05, 0.1) is 0 Å². The first-order valence-electron chi connectivity index (χ1n) is 8.25. The minimum atomic E-state index is -0.313. The fraction of sp³-hybridized carbons (Fsp3) is 0.471. The zero-order chi connectivity index (χ0) is 15.8. The first-order valence-corrected chi connectivity index (χ1v) is 8.25. The van der Waals surface area contributed by atoms with Gasteiger partial charge in [-0.3, -0.25) is 18.9 Å². The van der Waals surface area contributed by atoms with Crippen LogP contribution in [0.3, 0.4) is 0 Å². The van der Waals surface area contributed by atoms with E-state index in [0.717, 1.165) is 25.9 Å². The molecule has 0 bridgehead atoms. The van der Waals surface area contributed by atoms with E-state index in [0.29, 0.717) is 11.7 Å². The lowest BCUT2D eigenvalue weighted by atomic mass is 9.99. The number of hydrogen-bond donors (Lipinski definition) is 1. The van der Waals surface area contributed by atoms with Crippen molar-refractivity contribution in [3.63, 3.8) is 0 Å². The molecule has 1 amide bonds. The molecule has 2 fully saturated rings. The Balaban J connectivity index is 1.58. The van der Waals surface area contributed by atoms with Gasteiger partial charge in [0, 0.05) is 31.0 Å². The van der Waals surface area contributed by atoms with Crippen LogP contribution in [0.25, 0.3) is 5.65 Å². The second-order valence-corrected chi connectivity index (χ2v) is 6.37. The largest absolute Gasteiger partial charge is 0.347 e. The summed E-state index contributed by atoms with van der Waals surface area (Å²) in [6.45, 7) is 2.15. The van der Waals surface area contributed by atoms with Crippen molar-refractivity contribution in [3.8, 4) is 0 Å². The lowest BCUT2D eigenvalue weighted by Crippen LogP contribution is -2.47. The molecule has 4 heterocycles. The van der Waals surface area contributed by atoms with Crippen LogP contribution in [0, 0.1) is 0 Å². The Bertz CT molecular complexity index is 801. The zero-order valence-corrected chi connectivity index (χ0v) is 12.9. The Morgan fingerprint density at radius 1 is 1.22 bits per heavy atom. The number of aromatic nitrogens is 2. The van der Waals surface area contributed by atoms with Crippen molar-refractivity contribution in [1.29, 1.82) is 0 Å². The predicted octanol–water partition coefficient (Wildman–Crippen LogP) is 1.05. The molecule has 2 aromatic rings. The van der Waals surface area contributed by atoms with Crippen molar-refractivity contribution in [2.75, 3.05) is 13.1 Å². The lowest BCUT2D eigenvalue weighted by Gasteiger charge is -2.32. The highest BCUT2D eigenvalue weighted by atomic mass is 16.2. The predicted molar refractivity (Wildman–Crippen MR) is 86.5 cm³/mol. The molecule has 6 heteroatoms. The molecule has 2 saturated heterocycles. The number of fused-ring (bicyclic) bond motifs is 2. The summed E-state index contributed by atoms with van der Waals surface area (Å²) in [4.78, 5) is 31.7. The van der Waals surface area contributed by atoms with Crippen LogP contribution in [-0.4, -0.2) is 45.4 Å². The number of rotatable bonds is 2. The second-order valence-electron chi connectivity index (χ2n) is 6.37. The number of nitrogens with zero attached hydrogens (tertiary/aromatic N) is 3. The van der Waals surface area contributed by atoms with Gasteiger partial charge in [0.1, 0.15) is 11.2 Å². The van der Waals surface area contributed by atoms with Crippen LogP contribution in [0.15, 0.2) is 35.4 Å². The summed E-state index contributed by atoms with van der Waals surface area (Å²) in [7, 11) is 0. The third-order valence-electron chi connectivity index (χ3n) is 5.03. The third kappa shape index (κ3) is 2.53. The average molecular weight is 312 g/mol. The molecule has 4 rings (SSSR count). The summed E-state index contributed by atoms with van der Waals surface area (Å²) in [6, 6.07) is 5.88. The number of hydrogen-bond acceptors (Lipinski definition) is 4. The van der Waals surface area contributed by atoms with Crippen LogP contribution in [0.1, 0.15) is 36.0 Å². The van der Waals surface area contributed by atoms with Gasteiger partial charge in [0.2, 0.25) is 0 Å². The highest BCUT2D eigenvalue weighted by molar-refractivity contribution is 5.94. The minimum Gasteiger partial charge on any atom is -0.347 e.